The van der Waals surface area contributed by atoms with Crippen LogP contribution in [-0.4, -0.2) is 18.5 Å². The van der Waals surface area contributed by atoms with Crippen LogP contribution in [0.15, 0.2) is 0 Å². The minimum atomic E-state index is 0.560. The van der Waals surface area contributed by atoms with E-state index in [2.05, 4.69) is 15.9 Å². The van der Waals surface area contributed by atoms with Gasteiger partial charge in [-0.3, -0.25) is 0 Å². The van der Waals surface area contributed by atoms with Crippen LogP contribution in [-0.2, 0) is 4.74 Å². The summed E-state index contributed by atoms with van der Waals surface area (Å²) in [5.41, 5.74) is 0.636. The van der Waals surface area contributed by atoms with Crippen LogP contribution in [0.4, 0.5) is 0 Å². The molecule has 0 saturated heterocycles. The fourth-order valence-corrected chi connectivity index (χ4v) is 3.65. The molecule has 0 aliphatic heterocycles. The molecule has 2 aliphatic carbocycles. The third kappa shape index (κ3) is 1.33. The van der Waals surface area contributed by atoms with E-state index in [-0.39, 0.29) is 0 Å². The summed E-state index contributed by atoms with van der Waals surface area (Å²) in [5, 5.41) is 1.19. The zero-order chi connectivity index (χ0) is 8.60. The number of ether oxygens (including phenoxy) is 1. The van der Waals surface area contributed by atoms with Crippen molar-refractivity contribution in [3.8, 4) is 0 Å². The summed E-state index contributed by atoms with van der Waals surface area (Å²) in [7, 11) is 1.87. The Kier molecular flexibility index (Phi) is 2.48. The van der Waals surface area contributed by atoms with E-state index in [9.17, 15) is 0 Å². The Bertz CT molecular complexity index is 165. The third-order valence-electron chi connectivity index (χ3n) is 3.70. The van der Waals surface area contributed by atoms with Gasteiger partial charge < -0.3 is 4.74 Å². The standard InChI is InChI=1S/C10H17BrO/c1-12-9-4-2-3-8(9)10(7-11)5-6-10/h8-9H,2-7H2,1H3. The van der Waals surface area contributed by atoms with Crippen molar-refractivity contribution in [2.75, 3.05) is 12.4 Å². The van der Waals surface area contributed by atoms with Crippen LogP contribution < -0.4 is 0 Å². The molecule has 70 valence electrons. The zero-order valence-electron chi connectivity index (χ0n) is 7.68. The Morgan fingerprint density at radius 3 is 2.67 bits per heavy atom. The zero-order valence-corrected chi connectivity index (χ0v) is 9.27. The molecule has 0 aromatic rings. The lowest BCUT2D eigenvalue weighted by atomic mass is 9.88. The van der Waals surface area contributed by atoms with Crippen LogP contribution in [0.1, 0.15) is 32.1 Å². The van der Waals surface area contributed by atoms with Crippen molar-refractivity contribution in [1.82, 2.24) is 0 Å². The number of halogens is 1. The first-order valence-corrected chi connectivity index (χ1v) is 6.03. The number of hydrogen-bond acceptors (Lipinski definition) is 1. The summed E-state index contributed by atoms with van der Waals surface area (Å²) >= 11 is 3.64. The van der Waals surface area contributed by atoms with Crippen LogP contribution in [0.5, 0.6) is 0 Å². The van der Waals surface area contributed by atoms with Gasteiger partial charge in [-0.05, 0) is 37.0 Å². The second-order valence-electron chi connectivity index (χ2n) is 4.31. The van der Waals surface area contributed by atoms with Gasteiger partial charge in [0.25, 0.3) is 0 Å². The van der Waals surface area contributed by atoms with Crippen LogP contribution in [0.25, 0.3) is 0 Å². The van der Waals surface area contributed by atoms with Gasteiger partial charge in [-0.1, -0.05) is 22.4 Å². The smallest absolute Gasteiger partial charge is 0.0605 e. The molecule has 2 fully saturated rings. The van der Waals surface area contributed by atoms with E-state index in [1.54, 1.807) is 0 Å². The lowest BCUT2D eigenvalue weighted by Gasteiger charge is -2.26. The van der Waals surface area contributed by atoms with E-state index in [1.165, 1.54) is 37.4 Å². The normalized spacial score (nSPS) is 38.5. The van der Waals surface area contributed by atoms with Gasteiger partial charge in [0.15, 0.2) is 0 Å². The van der Waals surface area contributed by atoms with Gasteiger partial charge in [-0.15, -0.1) is 0 Å². The van der Waals surface area contributed by atoms with Crippen molar-refractivity contribution in [3.63, 3.8) is 0 Å². The summed E-state index contributed by atoms with van der Waals surface area (Å²) in [6, 6.07) is 0. The quantitative estimate of drug-likeness (QED) is 0.681. The molecule has 2 aliphatic rings. The monoisotopic (exact) mass is 232 g/mol. The van der Waals surface area contributed by atoms with Gasteiger partial charge in [0, 0.05) is 12.4 Å². The molecule has 2 saturated carbocycles. The molecule has 2 heteroatoms. The molecule has 2 unspecified atom stereocenters. The van der Waals surface area contributed by atoms with E-state index in [1.807, 2.05) is 7.11 Å². The van der Waals surface area contributed by atoms with Gasteiger partial charge in [-0.2, -0.15) is 0 Å². The molecule has 0 aromatic carbocycles. The molecule has 2 rings (SSSR count). The topological polar surface area (TPSA) is 9.23 Å². The first kappa shape index (κ1) is 9.01. The maximum absolute atomic E-state index is 5.53. The SMILES string of the molecule is COC1CCCC1C1(CBr)CC1. The molecule has 2 atom stereocenters. The van der Waals surface area contributed by atoms with E-state index < -0.39 is 0 Å². The summed E-state index contributed by atoms with van der Waals surface area (Å²) < 4.78 is 5.53. The number of hydrogen-bond donors (Lipinski definition) is 0. The maximum Gasteiger partial charge on any atom is 0.0605 e. The van der Waals surface area contributed by atoms with E-state index in [0.717, 1.165) is 5.92 Å². The third-order valence-corrected chi connectivity index (χ3v) is 4.82. The highest BCUT2D eigenvalue weighted by Crippen LogP contribution is 2.58. The average molecular weight is 233 g/mol. The fourth-order valence-electron chi connectivity index (χ4n) is 2.67. The Balaban J connectivity index is 2.02. The summed E-state index contributed by atoms with van der Waals surface area (Å²) in [4.78, 5) is 0. The van der Waals surface area contributed by atoms with E-state index >= 15 is 0 Å². The molecule has 0 N–H and O–H groups in total. The highest BCUT2D eigenvalue weighted by molar-refractivity contribution is 9.09. The molecular weight excluding hydrogens is 216 g/mol. The fraction of sp³-hybridized carbons (Fsp3) is 1.00. The summed E-state index contributed by atoms with van der Waals surface area (Å²) in [6.07, 6.45) is 7.45. The molecule has 0 radical (unpaired) electrons. The first-order valence-electron chi connectivity index (χ1n) is 4.91. The first-order chi connectivity index (χ1) is 5.82. The largest absolute Gasteiger partial charge is 0.381 e. The molecule has 0 spiro atoms. The lowest BCUT2D eigenvalue weighted by Crippen LogP contribution is -2.26. The van der Waals surface area contributed by atoms with Crippen molar-refractivity contribution in [2.24, 2.45) is 11.3 Å². The molecular formula is C10H17BrO. The molecule has 0 aromatic heterocycles. The second-order valence-corrected chi connectivity index (χ2v) is 4.87. The Morgan fingerprint density at radius 1 is 1.42 bits per heavy atom. The molecule has 12 heavy (non-hydrogen) atoms. The number of alkyl halides is 1. The number of rotatable bonds is 3. The summed E-state index contributed by atoms with van der Waals surface area (Å²) in [5.74, 6) is 0.849. The Hall–Kier alpha value is 0.440. The van der Waals surface area contributed by atoms with Crippen molar-refractivity contribution in [3.05, 3.63) is 0 Å². The predicted molar refractivity (Wildman–Crippen MR) is 53.6 cm³/mol. The second kappa shape index (κ2) is 3.30. The van der Waals surface area contributed by atoms with Crippen molar-refractivity contribution < 1.29 is 4.74 Å². The highest BCUT2D eigenvalue weighted by atomic mass is 79.9. The molecule has 0 amide bonds. The Labute approximate surface area is 83.0 Å². The molecule has 0 heterocycles. The molecule has 0 bridgehead atoms. The van der Waals surface area contributed by atoms with E-state index in [0.29, 0.717) is 11.5 Å². The van der Waals surface area contributed by atoms with E-state index in [4.69, 9.17) is 4.74 Å². The lowest BCUT2D eigenvalue weighted by molar-refractivity contribution is 0.0462. The highest BCUT2D eigenvalue weighted by Gasteiger charge is 2.52. The van der Waals surface area contributed by atoms with Gasteiger partial charge >= 0.3 is 0 Å². The molecule has 1 nitrogen and oxygen atoms in total. The summed E-state index contributed by atoms with van der Waals surface area (Å²) in [6.45, 7) is 0. The predicted octanol–water partition coefficient (Wildman–Crippen LogP) is 2.98. The van der Waals surface area contributed by atoms with Crippen LogP contribution in [0.2, 0.25) is 0 Å². The Morgan fingerprint density at radius 2 is 2.17 bits per heavy atom. The van der Waals surface area contributed by atoms with Crippen LogP contribution in [0, 0.1) is 11.3 Å². The minimum Gasteiger partial charge on any atom is -0.381 e. The minimum absolute atomic E-state index is 0.560. The van der Waals surface area contributed by atoms with Crippen molar-refractivity contribution >= 4 is 15.9 Å². The van der Waals surface area contributed by atoms with Crippen molar-refractivity contribution in [1.29, 1.82) is 0 Å². The van der Waals surface area contributed by atoms with Gasteiger partial charge in [0.2, 0.25) is 0 Å². The number of methoxy groups -OCH3 is 1. The maximum atomic E-state index is 5.53. The van der Waals surface area contributed by atoms with Crippen molar-refractivity contribution in [2.45, 2.75) is 38.2 Å². The average Bonchev–Trinajstić information content (AvgIpc) is 2.76. The van der Waals surface area contributed by atoms with Crippen LogP contribution >= 0.6 is 15.9 Å². The van der Waals surface area contributed by atoms with Gasteiger partial charge in [0.1, 0.15) is 0 Å². The van der Waals surface area contributed by atoms with Crippen LogP contribution in [0.3, 0.4) is 0 Å². The van der Waals surface area contributed by atoms with Gasteiger partial charge in [0.05, 0.1) is 6.10 Å². The van der Waals surface area contributed by atoms with Gasteiger partial charge in [-0.25, -0.2) is 0 Å².